The molecule has 2 nitrogen and oxygen atoms in total. The summed E-state index contributed by atoms with van der Waals surface area (Å²) in [5, 5.41) is 2.04. The lowest BCUT2D eigenvalue weighted by atomic mass is 10.2. The highest BCUT2D eigenvalue weighted by Crippen LogP contribution is 2.28. The topological polar surface area (TPSA) is 21.6 Å². The molecule has 0 saturated carbocycles. The third-order valence-electron chi connectivity index (χ3n) is 2.21. The number of rotatable bonds is 3. The molecule has 0 bridgehead atoms. The van der Waals surface area contributed by atoms with Crippen molar-refractivity contribution in [2.24, 2.45) is 4.99 Å². The minimum atomic E-state index is 0.804. The normalized spacial score (nSPS) is 10.9. The SMILES string of the molecule is COc1ccc(C)cc1/N=C/c1cccs1. The monoisotopic (exact) mass is 231 g/mol. The molecule has 0 aliphatic heterocycles. The van der Waals surface area contributed by atoms with Gasteiger partial charge in [0.15, 0.2) is 0 Å². The Morgan fingerprint density at radius 2 is 2.19 bits per heavy atom. The number of methoxy groups -OCH3 is 1. The lowest BCUT2D eigenvalue weighted by molar-refractivity contribution is 0.416. The van der Waals surface area contributed by atoms with Crippen molar-refractivity contribution in [3.05, 3.63) is 46.2 Å². The lowest BCUT2D eigenvalue weighted by Crippen LogP contribution is -1.84. The molecule has 3 heteroatoms. The fraction of sp³-hybridized carbons (Fsp3) is 0.154. The zero-order valence-electron chi connectivity index (χ0n) is 9.31. The Balaban J connectivity index is 2.29. The summed E-state index contributed by atoms with van der Waals surface area (Å²) in [7, 11) is 1.66. The number of aliphatic imine (C=N–C) groups is 1. The quantitative estimate of drug-likeness (QED) is 0.736. The van der Waals surface area contributed by atoms with Gasteiger partial charge in [-0.2, -0.15) is 0 Å². The highest BCUT2D eigenvalue weighted by Gasteiger charge is 2.00. The van der Waals surface area contributed by atoms with E-state index in [1.807, 2.05) is 48.9 Å². The Labute approximate surface area is 99.2 Å². The second-order valence-electron chi connectivity index (χ2n) is 3.45. The molecule has 82 valence electrons. The molecule has 0 saturated heterocycles. The second kappa shape index (κ2) is 4.94. The molecule has 16 heavy (non-hydrogen) atoms. The van der Waals surface area contributed by atoms with Crippen LogP contribution in [0, 0.1) is 6.92 Å². The van der Waals surface area contributed by atoms with Gasteiger partial charge in [0, 0.05) is 11.1 Å². The molecule has 2 rings (SSSR count). The molecule has 0 unspecified atom stereocenters. The first-order valence-electron chi connectivity index (χ1n) is 5.02. The molecule has 0 fully saturated rings. The van der Waals surface area contributed by atoms with Gasteiger partial charge in [0.1, 0.15) is 11.4 Å². The molecule has 0 N–H and O–H groups in total. The van der Waals surface area contributed by atoms with Gasteiger partial charge in [0.25, 0.3) is 0 Å². The number of nitrogens with zero attached hydrogens (tertiary/aromatic N) is 1. The Morgan fingerprint density at radius 1 is 1.31 bits per heavy atom. The van der Waals surface area contributed by atoms with Crippen LogP contribution in [-0.2, 0) is 0 Å². The molecule has 0 aliphatic rings. The molecule has 0 amide bonds. The summed E-state index contributed by atoms with van der Waals surface area (Å²) in [5.41, 5.74) is 2.05. The predicted molar refractivity (Wildman–Crippen MR) is 69.3 cm³/mol. The summed E-state index contributed by atoms with van der Waals surface area (Å²) >= 11 is 1.67. The first-order valence-corrected chi connectivity index (χ1v) is 5.90. The van der Waals surface area contributed by atoms with E-state index in [0.29, 0.717) is 0 Å². The van der Waals surface area contributed by atoms with E-state index in [4.69, 9.17) is 4.74 Å². The summed E-state index contributed by atoms with van der Waals surface area (Å²) < 4.78 is 5.26. The van der Waals surface area contributed by atoms with E-state index in [0.717, 1.165) is 16.3 Å². The zero-order valence-corrected chi connectivity index (χ0v) is 10.1. The third-order valence-corrected chi connectivity index (χ3v) is 3.02. The van der Waals surface area contributed by atoms with Crippen molar-refractivity contribution in [3.8, 4) is 5.75 Å². The van der Waals surface area contributed by atoms with E-state index in [1.165, 1.54) is 5.56 Å². The van der Waals surface area contributed by atoms with E-state index in [9.17, 15) is 0 Å². The number of ether oxygens (including phenoxy) is 1. The molecule has 2 aromatic rings. The van der Waals surface area contributed by atoms with Crippen molar-refractivity contribution in [1.29, 1.82) is 0 Å². The lowest BCUT2D eigenvalue weighted by Gasteiger charge is -2.04. The first-order chi connectivity index (χ1) is 7.79. The van der Waals surface area contributed by atoms with E-state index >= 15 is 0 Å². The molecule has 0 aliphatic carbocycles. The van der Waals surface area contributed by atoms with Gasteiger partial charge >= 0.3 is 0 Å². The van der Waals surface area contributed by atoms with Gasteiger partial charge in [0.05, 0.1) is 7.11 Å². The largest absolute Gasteiger partial charge is 0.494 e. The molecule has 1 heterocycles. The van der Waals surface area contributed by atoms with Crippen molar-refractivity contribution >= 4 is 23.2 Å². The van der Waals surface area contributed by atoms with Crippen LogP contribution in [0.3, 0.4) is 0 Å². The Morgan fingerprint density at radius 3 is 2.88 bits per heavy atom. The molecule has 0 atom stereocenters. The number of hydrogen-bond donors (Lipinski definition) is 0. The van der Waals surface area contributed by atoms with Crippen LogP contribution in [0.25, 0.3) is 0 Å². The van der Waals surface area contributed by atoms with E-state index in [-0.39, 0.29) is 0 Å². The van der Waals surface area contributed by atoms with Crippen LogP contribution in [0.4, 0.5) is 5.69 Å². The van der Waals surface area contributed by atoms with Crippen LogP contribution < -0.4 is 4.74 Å². The van der Waals surface area contributed by atoms with E-state index < -0.39 is 0 Å². The van der Waals surface area contributed by atoms with Gasteiger partial charge in [-0.05, 0) is 36.1 Å². The minimum absolute atomic E-state index is 0.804. The van der Waals surface area contributed by atoms with Gasteiger partial charge in [0.2, 0.25) is 0 Å². The van der Waals surface area contributed by atoms with Crippen molar-refractivity contribution in [1.82, 2.24) is 0 Å². The van der Waals surface area contributed by atoms with Gasteiger partial charge in [-0.15, -0.1) is 11.3 Å². The van der Waals surface area contributed by atoms with Crippen LogP contribution in [-0.4, -0.2) is 13.3 Å². The fourth-order valence-corrected chi connectivity index (χ4v) is 1.98. The summed E-state index contributed by atoms with van der Waals surface area (Å²) in [6.07, 6.45) is 1.86. The second-order valence-corrected chi connectivity index (χ2v) is 4.43. The summed E-state index contributed by atoms with van der Waals surface area (Å²) in [6, 6.07) is 10.0. The summed E-state index contributed by atoms with van der Waals surface area (Å²) in [6.45, 7) is 2.05. The summed E-state index contributed by atoms with van der Waals surface area (Å²) in [4.78, 5) is 5.58. The molecular formula is C13H13NOS. The van der Waals surface area contributed by atoms with Crippen molar-refractivity contribution < 1.29 is 4.74 Å². The van der Waals surface area contributed by atoms with Gasteiger partial charge in [-0.25, -0.2) is 0 Å². The van der Waals surface area contributed by atoms with Crippen LogP contribution in [0.5, 0.6) is 5.75 Å². The smallest absolute Gasteiger partial charge is 0.144 e. The Kier molecular flexibility index (Phi) is 3.37. The standard InChI is InChI=1S/C13H13NOS/c1-10-5-6-13(15-2)12(8-10)14-9-11-4-3-7-16-11/h3-9H,1-2H3/b14-9+. The van der Waals surface area contributed by atoms with Crippen molar-refractivity contribution in [2.45, 2.75) is 6.92 Å². The number of hydrogen-bond acceptors (Lipinski definition) is 3. The minimum Gasteiger partial charge on any atom is -0.494 e. The Bertz CT molecular complexity index is 489. The average Bonchev–Trinajstić information content (AvgIpc) is 2.79. The Hall–Kier alpha value is -1.61. The molecular weight excluding hydrogens is 218 g/mol. The van der Waals surface area contributed by atoms with Crippen LogP contribution >= 0.6 is 11.3 Å². The van der Waals surface area contributed by atoms with Gasteiger partial charge in [-0.1, -0.05) is 12.1 Å². The van der Waals surface area contributed by atoms with Crippen LogP contribution in [0.2, 0.25) is 0 Å². The third kappa shape index (κ3) is 2.49. The molecule has 1 aromatic heterocycles. The maximum atomic E-state index is 5.26. The zero-order chi connectivity index (χ0) is 11.4. The van der Waals surface area contributed by atoms with E-state index in [2.05, 4.69) is 4.99 Å². The predicted octanol–water partition coefficient (Wildman–Crippen LogP) is 3.82. The number of benzene rings is 1. The highest BCUT2D eigenvalue weighted by atomic mass is 32.1. The highest BCUT2D eigenvalue weighted by molar-refractivity contribution is 7.11. The molecule has 0 radical (unpaired) electrons. The van der Waals surface area contributed by atoms with Gasteiger partial charge < -0.3 is 4.74 Å². The van der Waals surface area contributed by atoms with Crippen LogP contribution in [0.15, 0.2) is 40.7 Å². The fourth-order valence-electron chi connectivity index (χ4n) is 1.40. The maximum absolute atomic E-state index is 5.26. The van der Waals surface area contributed by atoms with Gasteiger partial charge in [-0.3, -0.25) is 4.99 Å². The molecule has 1 aromatic carbocycles. The number of aryl methyl sites for hydroxylation is 1. The first kappa shape index (κ1) is 10.9. The maximum Gasteiger partial charge on any atom is 0.144 e. The summed E-state index contributed by atoms with van der Waals surface area (Å²) in [5.74, 6) is 0.804. The number of thiophene rings is 1. The van der Waals surface area contributed by atoms with Crippen LogP contribution in [0.1, 0.15) is 10.4 Å². The van der Waals surface area contributed by atoms with E-state index in [1.54, 1.807) is 18.4 Å². The average molecular weight is 231 g/mol. The van der Waals surface area contributed by atoms with Crippen molar-refractivity contribution in [3.63, 3.8) is 0 Å². The molecule has 0 spiro atoms. The van der Waals surface area contributed by atoms with Crippen molar-refractivity contribution in [2.75, 3.05) is 7.11 Å².